The highest BCUT2D eigenvalue weighted by Gasteiger charge is 2.14. The van der Waals surface area contributed by atoms with Crippen LogP contribution in [0.3, 0.4) is 0 Å². The molecule has 1 aliphatic rings. The van der Waals surface area contributed by atoms with E-state index in [-0.39, 0.29) is 0 Å². The summed E-state index contributed by atoms with van der Waals surface area (Å²) in [5.74, 6) is 0.706. The minimum Gasteiger partial charge on any atom is -0.315 e. The lowest BCUT2D eigenvalue weighted by molar-refractivity contribution is 0.327. The van der Waals surface area contributed by atoms with Crippen LogP contribution in [0.15, 0.2) is 29.8 Å². The van der Waals surface area contributed by atoms with Gasteiger partial charge in [-0.25, -0.2) is 19.9 Å². The molecular formula is C24H33N7S2. The summed E-state index contributed by atoms with van der Waals surface area (Å²) in [6.07, 6.45) is 13.1. The highest BCUT2D eigenvalue weighted by atomic mass is 32.2. The summed E-state index contributed by atoms with van der Waals surface area (Å²) >= 11 is 3.33. The van der Waals surface area contributed by atoms with Crippen LogP contribution in [0.1, 0.15) is 63.8 Å². The molecule has 1 fully saturated rings. The second-order valence-corrected chi connectivity index (χ2v) is 11.1. The van der Waals surface area contributed by atoms with Crippen molar-refractivity contribution in [1.29, 1.82) is 0 Å². The van der Waals surface area contributed by atoms with Gasteiger partial charge in [0, 0.05) is 23.7 Å². The second-order valence-electron chi connectivity index (χ2n) is 8.63. The highest BCUT2D eigenvalue weighted by molar-refractivity contribution is 7.99. The van der Waals surface area contributed by atoms with Crippen molar-refractivity contribution in [2.24, 2.45) is 0 Å². The van der Waals surface area contributed by atoms with Crippen LogP contribution in [0.4, 0.5) is 10.9 Å². The molecule has 0 saturated carbocycles. The molecule has 0 aromatic carbocycles. The summed E-state index contributed by atoms with van der Waals surface area (Å²) in [5, 5.41) is 5.41. The molecular weight excluding hydrogens is 450 g/mol. The Morgan fingerprint density at radius 1 is 1.09 bits per heavy atom. The van der Waals surface area contributed by atoms with E-state index in [4.69, 9.17) is 4.98 Å². The predicted molar refractivity (Wildman–Crippen MR) is 137 cm³/mol. The number of hydrogen-bond acceptors (Lipinski definition) is 9. The third kappa shape index (κ3) is 7.19. The zero-order valence-electron chi connectivity index (χ0n) is 19.8. The summed E-state index contributed by atoms with van der Waals surface area (Å²) in [4.78, 5) is 26.5. The first kappa shape index (κ1) is 24.0. The van der Waals surface area contributed by atoms with Crippen LogP contribution < -0.4 is 5.32 Å². The maximum atomic E-state index is 4.81. The van der Waals surface area contributed by atoms with Crippen molar-refractivity contribution < 1.29 is 0 Å². The van der Waals surface area contributed by atoms with Gasteiger partial charge < -0.3 is 5.32 Å². The van der Waals surface area contributed by atoms with Gasteiger partial charge in [0.2, 0.25) is 0 Å². The van der Waals surface area contributed by atoms with Gasteiger partial charge >= 0.3 is 0 Å². The molecule has 3 aromatic heterocycles. The Hall–Kier alpha value is -2.10. The minimum absolute atomic E-state index is 0.511. The van der Waals surface area contributed by atoms with Crippen LogP contribution in [-0.4, -0.2) is 48.2 Å². The number of thioether (sulfide) groups is 1. The number of aryl methyl sites for hydroxylation is 1. The summed E-state index contributed by atoms with van der Waals surface area (Å²) in [6, 6.07) is 2.02. The first-order valence-electron chi connectivity index (χ1n) is 11.9. The van der Waals surface area contributed by atoms with Crippen molar-refractivity contribution in [1.82, 2.24) is 29.8 Å². The van der Waals surface area contributed by atoms with Crippen molar-refractivity contribution in [3.63, 3.8) is 0 Å². The zero-order chi connectivity index (χ0) is 23.0. The number of hydrogen-bond donors (Lipinski definition) is 1. The molecule has 7 nitrogen and oxygen atoms in total. The Kier molecular flexibility index (Phi) is 8.63. The van der Waals surface area contributed by atoms with E-state index in [0.29, 0.717) is 11.1 Å². The summed E-state index contributed by atoms with van der Waals surface area (Å²) < 4.78 is 0. The number of rotatable bonds is 11. The lowest BCUT2D eigenvalue weighted by atomic mass is 10.2. The molecule has 0 aliphatic carbocycles. The Labute approximate surface area is 204 Å². The van der Waals surface area contributed by atoms with Gasteiger partial charge in [-0.15, -0.1) is 0 Å². The molecule has 1 N–H and O–H groups in total. The molecule has 0 radical (unpaired) electrons. The minimum atomic E-state index is 0.511. The Morgan fingerprint density at radius 3 is 2.70 bits per heavy atom. The van der Waals surface area contributed by atoms with Crippen LogP contribution >= 0.6 is 23.1 Å². The van der Waals surface area contributed by atoms with Gasteiger partial charge in [0.1, 0.15) is 0 Å². The molecule has 0 bridgehead atoms. The first-order valence-corrected chi connectivity index (χ1v) is 13.6. The highest BCUT2D eigenvalue weighted by Crippen LogP contribution is 2.32. The number of unbranched alkanes of at least 4 members (excludes halogenated alkanes) is 2. The summed E-state index contributed by atoms with van der Waals surface area (Å²) in [5.41, 5.74) is 2.90. The maximum Gasteiger partial charge on any atom is 0.188 e. The quantitative estimate of drug-likeness (QED) is 0.199. The van der Waals surface area contributed by atoms with Crippen molar-refractivity contribution >= 4 is 34.0 Å². The van der Waals surface area contributed by atoms with Crippen LogP contribution in [0.25, 0.3) is 10.6 Å². The largest absolute Gasteiger partial charge is 0.315 e. The van der Waals surface area contributed by atoms with E-state index in [1.165, 1.54) is 38.5 Å². The van der Waals surface area contributed by atoms with Crippen LogP contribution in [-0.2, 0) is 6.54 Å². The van der Waals surface area contributed by atoms with Gasteiger partial charge in [0.05, 0.1) is 28.7 Å². The molecule has 1 aliphatic heterocycles. The number of anilines is 2. The first-order chi connectivity index (χ1) is 16.1. The predicted octanol–water partition coefficient (Wildman–Crippen LogP) is 6.10. The standard InChI is InChI=1S/C24H33N7S2/c1-4-5-6-9-18(3)32-24-28-17(2)12-20(29-24)21-14-27-23(33-21)30-22-15-25-19(13-26-22)16-31-10-7-8-11-31/h12-15,18H,4-11,16H2,1-3H3,(H,26,27,30). The molecule has 0 amide bonds. The van der Waals surface area contributed by atoms with Gasteiger partial charge in [-0.1, -0.05) is 56.2 Å². The fourth-order valence-electron chi connectivity index (χ4n) is 3.87. The van der Waals surface area contributed by atoms with Gasteiger partial charge in [-0.2, -0.15) is 0 Å². The van der Waals surface area contributed by atoms with E-state index in [1.807, 2.05) is 25.4 Å². The van der Waals surface area contributed by atoms with Gasteiger partial charge in [-0.3, -0.25) is 9.88 Å². The second kappa shape index (κ2) is 11.9. The molecule has 1 atom stereocenters. The van der Waals surface area contributed by atoms with E-state index in [9.17, 15) is 0 Å². The van der Waals surface area contributed by atoms with Crippen molar-refractivity contribution in [2.45, 2.75) is 76.2 Å². The third-order valence-corrected chi connectivity index (χ3v) is 7.60. The zero-order valence-corrected chi connectivity index (χ0v) is 21.4. The van der Waals surface area contributed by atoms with E-state index in [0.717, 1.165) is 51.9 Å². The average molecular weight is 484 g/mol. The smallest absolute Gasteiger partial charge is 0.188 e. The molecule has 1 saturated heterocycles. The van der Waals surface area contributed by atoms with Crippen LogP contribution in [0.5, 0.6) is 0 Å². The molecule has 4 heterocycles. The molecule has 3 aromatic rings. The monoisotopic (exact) mass is 483 g/mol. The normalized spacial score (nSPS) is 15.1. The van der Waals surface area contributed by atoms with E-state index in [1.54, 1.807) is 29.3 Å². The molecule has 0 spiro atoms. The van der Waals surface area contributed by atoms with Crippen molar-refractivity contribution in [2.75, 3.05) is 18.4 Å². The Morgan fingerprint density at radius 2 is 1.94 bits per heavy atom. The van der Waals surface area contributed by atoms with Gasteiger partial charge in [0.25, 0.3) is 0 Å². The summed E-state index contributed by atoms with van der Waals surface area (Å²) in [6.45, 7) is 9.71. The van der Waals surface area contributed by atoms with Crippen LogP contribution in [0.2, 0.25) is 0 Å². The fraction of sp³-hybridized carbons (Fsp3) is 0.542. The van der Waals surface area contributed by atoms with Gasteiger partial charge in [0.15, 0.2) is 16.1 Å². The summed E-state index contributed by atoms with van der Waals surface area (Å²) in [7, 11) is 0. The lowest BCUT2D eigenvalue weighted by Gasteiger charge is -2.13. The number of thiazole rings is 1. The topological polar surface area (TPSA) is 79.7 Å². The Balaban J connectivity index is 1.38. The lowest BCUT2D eigenvalue weighted by Crippen LogP contribution is -2.19. The molecule has 4 rings (SSSR count). The molecule has 33 heavy (non-hydrogen) atoms. The van der Waals surface area contributed by atoms with Crippen molar-refractivity contribution in [3.8, 4) is 10.6 Å². The maximum absolute atomic E-state index is 4.81. The van der Waals surface area contributed by atoms with E-state index < -0.39 is 0 Å². The number of nitrogens with zero attached hydrogens (tertiary/aromatic N) is 6. The Bertz CT molecular complexity index is 1020. The molecule has 176 valence electrons. The number of nitrogens with one attached hydrogen (secondary N) is 1. The SMILES string of the molecule is CCCCCC(C)Sc1nc(C)cc(-c2cnc(Nc3cnc(CN4CCCC4)cn3)s2)n1. The van der Waals surface area contributed by atoms with Crippen LogP contribution in [0, 0.1) is 6.92 Å². The number of aromatic nitrogens is 5. The van der Waals surface area contributed by atoms with E-state index >= 15 is 0 Å². The molecule has 9 heteroatoms. The third-order valence-electron chi connectivity index (χ3n) is 5.64. The fourth-order valence-corrected chi connectivity index (χ4v) is 5.65. The average Bonchev–Trinajstić information content (AvgIpc) is 3.47. The van der Waals surface area contributed by atoms with E-state index in [2.05, 4.69) is 44.0 Å². The van der Waals surface area contributed by atoms with Gasteiger partial charge in [-0.05, 0) is 45.3 Å². The van der Waals surface area contributed by atoms with Crippen molar-refractivity contribution in [3.05, 3.63) is 36.0 Å². The number of likely N-dealkylation sites (tertiary alicyclic amines) is 1. The molecule has 1 unspecified atom stereocenters.